The van der Waals surface area contributed by atoms with Crippen LogP contribution in [0, 0.1) is 0 Å². The van der Waals surface area contributed by atoms with Crippen LogP contribution in [-0.2, 0) is 0 Å². The maximum absolute atomic E-state index is 9.95. The molecule has 0 aromatic heterocycles. The molecule has 2 rings (SSSR count). The van der Waals surface area contributed by atoms with Gasteiger partial charge in [-0.2, -0.15) is 0 Å². The van der Waals surface area contributed by atoms with E-state index in [4.69, 9.17) is 9.47 Å². The summed E-state index contributed by atoms with van der Waals surface area (Å²) in [5, 5.41) is 9.95. The van der Waals surface area contributed by atoms with Crippen LogP contribution in [0.5, 0.6) is 11.5 Å². The van der Waals surface area contributed by atoms with Crippen molar-refractivity contribution < 1.29 is 14.6 Å². The van der Waals surface area contributed by atoms with E-state index in [0.29, 0.717) is 17.3 Å². The molecule has 0 radical (unpaired) electrons. The molecule has 3 nitrogen and oxygen atoms in total. The summed E-state index contributed by atoms with van der Waals surface area (Å²) in [4.78, 5) is 1.14. The van der Waals surface area contributed by atoms with Gasteiger partial charge in [-0.05, 0) is 24.3 Å². The number of hydrogen-bond donors (Lipinski definition) is 1. The van der Waals surface area contributed by atoms with E-state index in [-0.39, 0.29) is 6.61 Å². The lowest BCUT2D eigenvalue weighted by Gasteiger charge is -2.14. The molecule has 0 aliphatic heterocycles. The van der Waals surface area contributed by atoms with Gasteiger partial charge in [0.1, 0.15) is 6.61 Å². The van der Waals surface area contributed by atoms with Crippen LogP contribution >= 0.6 is 11.8 Å². The van der Waals surface area contributed by atoms with Crippen LogP contribution in [0.2, 0.25) is 0 Å². The fourth-order valence-electron chi connectivity index (χ4n) is 1.68. The number of hydrogen-bond acceptors (Lipinski definition) is 4. The van der Waals surface area contributed by atoms with Gasteiger partial charge < -0.3 is 14.6 Å². The highest BCUT2D eigenvalue weighted by molar-refractivity contribution is 7.99. The minimum absolute atomic E-state index is 0.250. The minimum Gasteiger partial charge on any atom is -0.493 e. The smallest absolute Gasteiger partial charge is 0.161 e. The molecule has 106 valence electrons. The Kier molecular flexibility index (Phi) is 5.77. The summed E-state index contributed by atoms with van der Waals surface area (Å²) < 4.78 is 10.8. The third-order valence-corrected chi connectivity index (χ3v) is 3.84. The SMILES string of the molecule is COc1ccccc1OCC(O)CSc1ccccc1. The van der Waals surface area contributed by atoms with E-state index in [2.05, 4.69) is 0 Å². The number of rotatable bonds is 7. The molecule has 0 aliphatic rings. The van der Waals surface area contributed by atoms with Crippen LogP contribution in [-0.4, -0.2) is 30.7 Å². The Morgan fingerprint density at radius 2 is 1.65 bits per heavy atom. The fraction of sp³-hybridized carbons (Fsp3) is 0.250. The second-order valence-electron chi connectivity index (χ2n) is 4.24. The summed E-state index contributed by atoms with van der Waals surface area (Å²) in [6.45, 7) is 0.250. The van der Waals surface area contributed by atoms with Gasteiger partial charge in [-0.1, -0.05) is 30.3 Å². The topological polar surface area (TPSA) is 38.7 Å². The van der Waals surface area contributed by atoms with E-state index < -0.39 is 6.10 Å². The van der Waals surface area contributed by atoms with E-state index in [9.17, 15) is 5.11 Å². The van der Waals surface area contributed by atoms with Crippen LogP contribution < -0.4 is 9.47 Å². The van der Waals surface area contributed by atoms with Crippen LogP contribution in [0.1, 0.15) is 0 Å². The number of ether oxygens (including phenoxy) is 2. The average Bonchev–Trinajstić information content (AvgIpc) is 2.52. The van der Waals surface area contributed by atoms with Gasteiger partial charge in [0.05, 0.1) is 13.2 Å². The Balaban J connectivity index is 1.79. The molecule has 2 aromatic carbocycles. The summed E-state index contributed by atoms with van der Waals surface area (Å²) in [5.41, 5.74) is 0. The first-order valence-electron chi connectivity index (χ1n) is 6.41. The largest absolute Gasteiger partial charge is 0.493 e. The van der Waals surface area contributed by atoms with E-state index in [1.54, 1.807) is 18.9 Å². The maximum Gasteiger partial charge on any atom is 0.161 e. The van der Waals surface area contributed by atoms with E-state index in [1.807, 2.05) is 54.6 Å². The Morgan fingerprint density at radius 3 is 2.35 bits per heavy atom. The average molecular weight is 290 g/mol. The summed E-state index contributed by atoms with van der Waals surface area (Å²) in [7, 11) is 1.60. The van der Waals surface area contributed by atoms with E-state index >= 15 is 0 Å². The molecule has 0 fully saturated rings. The molecule has 0 heterocycles. The summed E-state index contributed by atoms with van der Waals surface area (Å²) in [5.74, 6) is 1.92. The lowest BCUT2D eigenvalue weighted by molar-refractivity contribution is 0.124. The molecule has 20 heavy (non-hydrogen) atoms. The van der Waals surface area contributed by atoms with Gasteiger partial charge in [0.25, 0.3) is 0 Å². The molecule has 1 unspecified atom stereocenters. The van der Waals surface area contributed by atoms with Crippen molar-refractivity contribution in [3.05, 3.63) is 54.6 Å². The number of benzene rings is 2. The number of methoxy groups -OCH3 is 1. The lowest BCUT2D eigenvalue weighted by Crippen LogP contribution is -2.20. The quantitative estimate of drug-likeness (QED) is 0.795. The van der Waals surface area contributed by atoms with Crippen molar-refractivity contribution in [1.29, 1.82) is 0 Å². The standard InChI is InChI=1S/C16H18O3S/c1-18-15-9-5-6-10-16(15)19-11-13(17)12-20-14-7-3-2-4-8-14/h2-10,13,17H,11-12H2,1H3. The van der Waals surface area contributed by atoms with Gasteiger partial charge in [-0.3, -0.25) is 0 Å². The highest BCUT2D eigenvalue weighted by atomic mass is 32.2. The Labute approximate surface area is 123 Å². The second kappa shape index (κ2) is 7.82. The number of para-hydroxylation sites is 2. The van der Waals surface area contributed by atoms with Gasteiger partial charge in [0.15, 0.2) is 11.5 Å². The third-order valence-electron chi connectivity index (χ3n) is 2.69. The predicted molar refractivity (Wildman–Crippen MR) is 81.7 cm³/mol. The van der Waals surface area contributed by atoms with Crippen molar-refractivity contribution in [1.82, 2.24) is 0 Å². The van der Waals surface area contributed by atoms with Crippen molar-refractivity contribution in [3.63, 3.8) is 0 Å². The predicted octanol–water partition coefficient (Wildman–Crippen LogP) is 3.23. The van der Waals surface area contributed by atoms with E-state index in [0.717, 1.165) is 4.90 Å². The van der Waals surface area contributed by atoms with Gasteiger partial charge in [0.2, 0.25) is 0 Å². The summed E-state index contributed by atoms with van der Waals surface area (Å²) in [6.07, 6.45) is -0.523. The second-order valence-corrected chi connectivity index (χ2v) is 5.33. The molecule has 4 heteroatoms. The van der Waals surface area contributed by atoms with Crippen molar-refractivity contribution in [2.24, 2.45) is 0 Å². The number of aliphatic hydroxyl groups excluding tert-OH is 1. The summed E-state index contributed by atoms with van der Waals surface area (Å²) >= 11 is 1.61. The van der Waals surface area contributed by atoms with Gasteiger partial charge in [-0.25, -0.2) is 0 Å². The lowest BCUT2D eigenvalue weighted by atomic mass is 10.3. The Hall–Kier alpha value is -1.65. The first-order valence-corrected chi connectivity index (χ1v) is 7.40. The summed E-state index contributed by atoms with van der Waals surface area (Å²) in [6, 6.07) is 17.4. The first kappa shape index (κ1) is 14.8. The molecule has 1 atom stereocenters. The van der Waals surface area contributed by atoms with Crippen LogP contribution in [0.25, 0.3) is 0 Å². The molecule has 0 amide bonds. The van der Waals surface area contributed by atoms with Crippen LogP contribution in [0.4, 0.5) is 0 Å². The minimum atomic E-state index is -0.523. The molecule has 0 aliphatic carbocycles. The maximum atomic E-state index is 9.95. The normalized spacial score (nSPS) is 11.9. The molecule has 2 aromatic rings. The molecular formula is C16H18O3S. The molecule has 0 saturated heterocycles. The van der Waals surface area contributed by atoms with E-state index in [1.165, 1.54) is 0 Å². The zero-order chi connectivity index (χ0) is 14.2. The number of aliphatic hydroxyl groups is 1. The third kappa shape index (κ3) is 4.47. The van der Waals surface area contributed by atoms with Crippen molar-refractivity contribution in [3.8, 4) is 11.5 Å². The monoisotopic (exact) mass is 290 g/mol. The zero-order valence-electron chi connectivity index (χ0n) is 11.4. The van der Waals surface area contributed by atoms with Crippen LogP contribution in [0.15, 0.2) is 59.5 Å². The highest BCUT2D eigenvalue weighted by Crippen LogP contribution is 2.26. The molecule has 1 N–H and O–H groups in total. The van der Waals surface area contributed by atoms with Crippen LogP contribution in [0.3, 0.4) is 0 Å². The number of thioether (sulfide) groups is 1. The van der Waals surface area contributed by atoms with Crippen molar-refractivity contribution in [2.75, 3.05) is 19.5 Å². The van der Waals surface area contributed by atoms with Crippen molar-refractivity contribution in [2.45, 2.75) is 11.0 Å². The van der Waals surface area contributed by atoms with Crippen molar-refractivity contribution >= 4 is 11.8 Å². The Morgan fingerprint density at radius 1 is 1.00 bits per heavy atom. The van der Waals surface area contributed by atoms with Gasteiger partial charge in [0, 0.05) is 10.6 Å². The fourth-order valence-corrected chi connectivity index (χ4v) is 2.51. The Bertz CT molecular complexity index is 516. The zero-order valence-corrected chi connectivity index (χ0v) is 12.2. The molecule has 0 saturated carbocycles. The first-order chi connectivity index (χ1) is 9.79. The highest BCUT2D eigenvalue weighted by Gasteiger charge is 2.08. The molecular weight excluding hydrogens is 272 g/mol. The van der Waals surface area contributed by atoms with Gasteiger partial charge >= 0.3 is 0 Å². The van der Waals surface area contributed by atoms with Gasteiger partial charge in [-0.15, -0.1) is 11.8 Å². The molecule has 0 bridgehead atoms. The molecule has 0 spiro atoms.